The summed E-state index contributed by atoms with van der Waals surface area (Å²) in [5.41, 5.74) is 2.72. The van der Waals surface area contributed by atoms with E-state index in [0.29, 0.717) is 28.6 Å². The Balaban J connectivity index is 1.55. The van der Waals surface area contributed by atoms with E-state index in [2.05, 4.69) is 0 Å². The molecule has 1 fully saturated rings. The summed E-state index contributed by atoms with van der Waals surface area (Å²) in [5, 5.41) is 14.7. The maximum absolute atomic E-state index is 13.6. The molecule has 1 N–H and O–H groups in total. The number of carbonyl (C=O) groups excluding carboxylic acids is 1. The van der Waals surface area contributed by atoms with Crippen molar-refractivity contribution >= 4 is 46.3 Å². The molecule has 1 aliphatic rings. The molecule has 0 unspecified atom stereocenters. The van der Waals surface area contributed by atoms with Gasteiger partial charge in [-0.3, -0.25) is 9.69 Å². The second-order valence-corrected chi connectivity index (χ2v) is 10.6. The van der Waals surface area contributed by atoms with Crippen molar-refractivity contribution < 1.29 is 24.2 Å². The Hall–Kier alpha value is -4.41. The molecular weight excluding hydrogens is 546 g/mol. The SMILES string of the molecule is COc1ccccc1Oc1c(/C=C2\SC(=S)N([C@@H](Cc3ccccc3)C(=O)O)C2=O)c(C)nn1-c1ccccc1. The van der Waals surface area contributed by atoms with Crippen LogP contribution in [0, 0.1) is 6.92 Å². The van der Waals surface area contributed by atoms with E-state index in [9.17, 15) is 14.7 Å². The number of benzene rings is 3. The number of para-hydroxylation sites is 3. The summed E-state index contributed by atoms with van der Waals surface area (Å²) in [4.78, 5) is 27.3. The summed E-state index contributed by atoms with van der Waals surface area (Å²) in [6.45, 7) is 1.82. The highest BCUT2D eigenvalue weighted by Gasteiger charge is 2.41. The summed E-state index contributed by atoms with van der Waals surface area (Å²) in [6, 6.07) is 24.7. The maximum Gasteiger partial charge on any atom is 0.327 e. The zero-order valence-electron chi connectivity index (χ0n) is 21.7. The highest BCUT2D eigenvalue weighted by Crippen LogP contribution is 2.40. The minimum absolute atomic E-state index is 0.128. The van der Waals surface area contributed by atoms with Crippen molar-refractivity contribution in [3.05, 3.63) is 107 Å². The van der Waals surface area contributed by atoms with Crippen molar-refractivity contribution in [2.24, 2.45) is 0 Å². The number of thioether (sulfide) groups is 1. The average molecular weight is 572 g/mol. The highest BCUT2D eigenvalue weighted by atomic mass is 32.2. The number of aliphatic carboxylic acids is 1. The first kappa shape index (κ1) is 27.2. The number of ether oxygens (including phenoxy) is 2. The second-order valence-electron chi connectivity index (χ2n) is 8.90. The molecule has 10 heteroatoms. The van der Waals surface area contributed by atoms with E-state index >= 15 is 0 Å². The molecule has 0 spiro atoms. The Labute approximate surface area is 240 Å². The van der Waals surface area contributed by atoms with Gasteiger partial charge in [0, 0.05) is 6.42 Å². The van der Waals surface area contributed by atoms with Crippen molar-refractivity contribution in [2.45, 2.75) is 19.4 Å². The van der Waals surface area contributed by atoms with Crippen LogP contribution in [-0.2, 0) is 16.0 Å². The molecule has 1 aromatic heterocycles. The lowest BCUT2D eigenvalue weighted by Gasteiger charge is -2.23. The van der Waals surface area contributed by atoms with Gasteiger partial charge in [0.2, 0.25) is 5.88 Å². The number of thiocarbonyl (C=S) groups is 1. The zero-order valence-corrected chi connectivity index (χ0v) is 23.3. The fourth-order valence-electron chi connectivity index (χ4n) is 4.34. The predicted molar refractivity (Wildman–Crippen MR) is 158 cm³/mol. The van der Waals surface area contributed by atoms with Gasteiger partial charge in [0.25, 0.3) is 5.91 Å². The number of rotatable bonds is 9. The summed E-state index contributed by atoms with van der Waals surface area (Å²) < 4.78 is 13.7. The Morgan fingerprint density at radius 3 is 2.30 bits per heavy atom. The number of hydrogen-bond acceptors (Lipinski definition) is 7. The first-order chi connectivity index (χ1) is 19.4. The summed E-state index contributed by atoms with van der Waals surface area (Å²) in [5.74, 6) is -0.234. The van der Waals surface area contributed by atoms with Crippen LogP contribution in [0.25, 0.3) is 11.8 Å². The van der Waals surface area contributed by atoms with E-state index < -0.39 is 17.9 Å². The summed E-state index contributed by atoms with van der Waals surface area (Å²) in [6.07, 6.45) is 1.79. The quantitative estimate of drug-likeness (QED) is 0.197. The number of carboxylic acid groups (broad SMARTS) is 1. The molecule has 1 aliphatic heterocycles. The normalized spacial score (nSPS) is 14.9. The number of aryl methyl sites for hydroxylation is 1. The van der Waals surface area contributed by atoms with Crippen molar-refractivity contribution in [2.75, 3.05) is 7.11 Å². The average Bonchev–Trinajstić information content (AvgIpc) is 3.42. The van der Waals surface area contributed by atoms with Crippen LogP contribution in [0.3, 0.4) is 0 Å². The summed E-state index contributed by atoms with van der Waals surface area (Å²) in [7, 11) is 1.56. The molecule has 0 bridgehead atoms. The highest BCUT2D eigenvalue weighted by molar-refractivity contribution is 8.26. The second kappa shape index (κ2) is 11.8. The Morgan fingerprint density at radius 1 is 1.02 bits per heavy atom. The van der Waals surface area contributed by atoms with Crippen molar-refractivity contribution in [3.63, 3.8) is 0 Å². The lowest BCUT2D eigenvalue weighted by molar-refractivity contribution is -0.145. The van der Waals surface area contributed by atoms with E-state index in [0.717, 1.165) is 23.0 Å². The standard InChI is InChI=1S/C30H25N3O5S2/c1-19-22(18-26-27(34)32(30(39)40-26)23(29(35)36)17-20-11-5-3-6-12-20)28(33(31-19)21-13-7-4-8-14-21)38-25-16-10-9-15-24(25)37-2/h3-16,18,23H,17H2,1-2H3,(H,35,36)/b26-18-/t23-/m0/s1. The van der Waals surface area contributed by atoms with Gasteiger partial charge in [-0.2, -0.15) is 9.78 Å². The maximum atomic E-state index is 13.6. The Morgan fingerprint density at radius 2 is 1.65 bits per heavy atom. The van der Waals surface area contributed by atoms with Gasteiger partial charge in [-0.05, 0) is 42.8 Å². The van der Waals surface area contributed by atoms with E-state index in [4.69, 9.17) is 26.8 Å². The number of methoxy groups -OCH3 is 1. The van der Waals surface area contributed by atoms with Gasteiger partial charge in [-0.1, -0.05) is 84.6 Å². The molecule has 5 rings (SSSR count). The van der Waals surface area contributed by atoms with Gasteiger partial charge in [-0.25, -0.2) is 4.79 Å². The third-order valence-corrected chi connectivity index (χ3v) is 7.64. The number of hydrogen-bond donors (Lipinski definition) is 1. The van der Waals surface area contributed by atoms with E-state index in [1.807, 2.05) is 79.7 Å². The molecule has 0 radical (unpaired) electrons. The minimum Gasteiger partial charge on any atom is -0.493 e. The summed E-state index contributed by atoms with van der Waals surface area (Å²) >= 11 is 6.56. The lowest BCUT2D eigenvalue weighted by atomic mass is 10.0. The smallest absolute Gasteiger partial charge is 0.327 e. The first-order valence-electron chi connectivity index (χ1n) is 12.4. The van der Waals surface area contributed by atoms with Crippen LogP contribution < -0.4 is 9.47 Å². The van der Waals surface area contributed by atoms with Crippen LogP contribution in [0.15, 0.2) is 89.8 Å². The molecule has 3 aromatic carbocycles. The topological polar surface area (TPSA) is 93.9 Å². The van der Waals surface area contributed by atoms with Crippen molar-refractivity contribution in [1.82, 2.24) is 14.7 Å². The van der Waals surface area contributed by atoms with Crippen molar-refractivity contribution in [1.29, 1.82) is 0 Å². The monoisotopic (exact) mass is 571 g/mol. The third kappa shape index (κ3) is 5.49. The predicted octanol–water partition coefficient (Wildman–Crippen LogP) is 5.88. The fourth-order valence-corrected chi connectivity index (χ4v) is 5.68. The largest absolute Gasteiger partial charge is 0.493 e. The molecule has 2 heterocycles. The molecule has 0 saturated carbocycles. The molecular formula is C30H25N3O5S2. The minimum atomic E-state index is -1.14. The molecule has 40 heavy (non-hydrogen) atoms. The first-order valence-corrected chi connectivity index (χ1v) is 13.6. The fraction of sp³-hybridized carbons (Fsp3) is 0.133. The van der Waals surface area contributed by atoms with Crippen LogP contribution in [0.4, 0.5) is 0 Å². The van der Waals surface area contributed by atoms with Gasteiger partial charge in [-0.15, -0.1) is 0 Å². The molecule has 8 nitrogen and oxygen atoms in total. The Bertz CT molecular complexity index is 1600. The number of carbonyl (C=O) groups is 2. The van der Waals surface area contributed by atoms with Crippen LogP contribution in [0.1, 0.15) is 16.8 Å². The number of aromatic nitrogens is 2. The van der Waals surface area contributed by atoms with Gasteiger partial charge in [0.1, 0.15) is 10.4 Å². The van der Waals surface area contributed by atoms with Crippen LogP contribution in [0.2, 0.25) is 0 Å². The van der Waals surface area contributed by atoms with E-state index in [1.54, 1.807) is 30.0 Å². The molecule has 1 saturated heterocycles. The third-order valence-electron chi connectivity index (χ3n) is 6.31. The van der Waals surface area contributed by atoms with Gasteiger partial charge < -0.3 is 14.6 Å². The number of nitrogens with zero attached hydrogens (tertiary/aromatic N) is 3. The van der Waals surface area contributed by atoms with Crippen LogP contribution in [0.5, 0.6) is 17.4 Å². The molecule has 202 valence electrons. The van der Waals surface area contributed by atoms with Gasteiger partial charge >= 0.3 is 5.97 Å². The molecule has 1 amide bonds. The van der Waals surface area contributed by atoms with Gasteiger partial charge in [0.15, 0.2) is 11.5 Å². The van der Waals surface area contributed by atoms with Gasteiger partial charge in [0.05, 0.1) is 29.0 Å². The molecule has 0 aliphatic carbocycles. The van der Waals surface area contributed by atoms with E-state index in [-0.39, 0.29) is 15.6 Å². The molecule has 4 aromatic rings. The Kier molecular flexibility index (Phi) is 7.99. The zero-order chi connectivity index (χ0) is 28.2. The number of amides is 1. The molecule has 1 atom stereocenters. The van der Waals surface area contributed by atoms with Crippen molar-refractivity contribution in [3.8, 4) is 23.1 Å². The number of carboxylic acids is 1. The lowest BCUT2D eigenvalue weighted by Crippen LogP contribution is -2.45. The van der Waals surface area contributed by atoms with Crippen LogP contribution in [-0.4, -0.2) is 49.1 Å². The van der Waals surface area contributed by atoms with E-state index in [1.165, 1.54) is 4.90 Å². The van der Waals surface area contributed by atoms with Crippen LogP contribution >= 0.6 is 24.0 Å².